The Kier molecular flexibility index (Phi) is 24.9. The maximum atomic E-state index is 13.9. The van der Waals surface area contributed by atoms with Gasteiger partial charge in [0.25, 0.3) is 0 Å². The number of carbonyl (C=O) groups excluding carboxylic acids is 1. The topological polar surface area (TPSA) is 81.7 Å². The minimum absolute atomic E-state index is 0.00352. The Morgan fingerprint density at radius 3 is 1.60 bits per heavy atom. The number of rotatable bonds is 29. The molecule has 82 heavy (non-hydrogen) atoms. The molecule has 1 saturated heterocycles. The van der Waals surface area contributed by atoms with E-state index in [1.165, 1.54) is 0 Å². The number of ether oxygens (including phenoxy) is 4. The molecule has 11 heteroatoms. The first-order chi connectivity index (χ1) is 38.2. The van der Waals surface area contributed by atoms with E-state index < -0.39 is 36.8 Å². The molecule has 0 aliphatic carbocycles. The second-order valence-electron chi connectivity index (χ2n) is 28.5. The average Bonchev–Trinajstić information content (AvgIpc) is 3.58. The molecule has 8 nitrogen and oxygen atoms in total. The molecule has 454 valence electrons. The smallest absolute Gasteiger partial charge is 0.192 e. The summed E-state index contributed by atoms with van der Waals surface area (Å²) in [6, 6.07) is 39.6. The van der Waals surface area contributed by atoms with Crippen LogP contribution < -0.4 is 4.74 Å². The van der Waals surface area contributed by atoms with E-state index in [9.17, 15) is 4.79 Å². The third-order valence-corrected chi connectivity index (χ3v) is 32.4. The van der Waals surface area contributed by atoms with E-state index in [4.69, 9.17) is 32.2 Å². The molecule has 4 aromatic carbocycles. The lowest BCUT2D eigenvalue weighted by atomic mass is 9.80. The van der Waals surface area contributed by atoms with Gasteiger partial charge in [-0.2, -0.15) is 0 Å². The Labute approximate surface area is 502 Å². The molecule has 0 amide bonds. The molecular formula is C71H110O8Si3. The summed E-state index contributed by atoms with van der Waals surface area (Å²) in [7, 11) is -5.09. The van der Waals surface area contributed by atoms with Crippen molar-refractivity contribution in [3.63, 3.8) is 0 Å². The van der Waals surface area contributed by atoms with Crippen LogP contribution in [0.1, 0.15) is 158 Å². The lowest BCUT2D eigenvalue weighted by Gasteiger charge is -2.43. The lowest BCUT2D eigenvalue weighted by Crippen LogP contribution is -2.48. The van der Waals surface area contributed by atoms with Gasteiger partial charge in [0.15, 0.2) is 31.2 Å². The second kappa shape index (κ2) is 29.6. The fourth-order valence-electron chi connectivity index (χ4n) is 10.4. The highest BCUT2D eigenvalue weighted by atomic mass is 28.4. The van der Waals surface area contributed by atoms with Crippen LogP contribution >= 0.6 is 0 Å². The van der Waals surface area contributed by atoms with Gasteiger partial charge >= 0.3 is 0 Å². The van der Waals surface area contributed by atoms with Gasteiger partial charge in [-0.3, -0.25) is 4.79 Å². The van der Waals surface area contributed by atoms with Gasteiger partial charge in [0, 0.05) is 30.2 Å². The first-order valence-electron chi connectivity index (χ1n) is 30.9. The van der Waals surface area contributed by atoms with Crippen LogP contribution in [-0.4, -0.2) is 75.5 Å². The van der Waals surface area contributed by atoms with Gasteiger partial charge < -0.3 is 32.2 Å². The fourth-order valence-corrected chi connectivity index (χ4v) is 14.6. The highest BCUT2D eigenvalue weighted by Crippen LogP contribution is 2.44. The number of benzene rings is 4. The first-order valence-corrected chi connectivity index (χ1v) is 39.6. The molecule has 1 fully saturated rings. The summed E-state index contributed by atoms with van der Waals surface area (Å²) in [6.45, 7) is 47.3. The van der Waals surface area contributed by atoms with Crippen molar-refractivity contribution < 1.29 is 37.0 Å². The van der Waals surface area contributed by atoms with E-state index in [-0.39, 0.29) is 74.9 Å². The zero-order chi connectivity index (χ0) is 60.9. The van der Waals surface area contributed by atoms with Gasteiger partial charge in [-0.25, -0.2) is 0 Å². The molecule has 1 unspecified atom stereocenters. The van der Waals surface area contributed by atoms with Gasteiger partial charge in [-0.1, -0.05) is 231 Å². The standard InChI is InChI=1S/C71H110O8Si3/c1-52(35-33-49-75-71(58-36-25-22-26-37-58,59-38-27-23-28-39-59)60-40-29-24-30-41-60)64(78-81(18,19)69(9,10)11)50-62(77-80(16,17)68(6,7)8)46-43-54(3)65(79-82(20,21)70(12,13)14)53(2)34-31-32-42-63(72)56(5)66-55(4)51-74-67(76-66)57-44-47-61(73-15)48-45-57/h22-30,33,35-41,43-48,52-56,62,64-67H,31-32,34,42,49-51H2,1-21H3/t52-,53+,54+,55+,56+,62-,64+,65-,66+,67?/m1/s1. The molecule has 0 N–H and O–H groups in total. The normalized spacial score (nSPS) is 19.8. The highest BCUT2D eigenvalue weighted by molar-refractivity contribution is 6.75. The molecule has 5 rings (SSSR count). The van der Waals surface area contributed by atoms with E-state index >= 15 is 0 Å². The minimum atomic E-state index is -2.28. The molecule has 1 heterocycles. The molecule has 0 spiro atoms. The van der Waals surface area contributed by atoms with Crippen molar-refractivity contribution in [1.29, 1.82) is 0 Å². The Bertz CT molecular complexity index is 2480. The van der Waals surface area contributed by atoms with Crippen molar-refractivity contribution >= 4 is 30.7 Å². The van der Waals surface area contributed by atoms with Crippen molar-refractivity contribution in [2.45, 2.75) is 220 Å². The van der Waals surface area contributed by atoms with E-state index in [1.807, 2.05) is 31.2 Å². The van der Waals surface area contributed by atoms with Crippen molar-refractivity contribution in [2.24, 2.45) is 29.6 Å². The van der Waals surface area contributed by atoms with Crippen LogP contribution in [0, 0.1) is 29.6 Å². The maximum absolute atomic E-state index is 13.9. The average molecular weight is 1180 g/mol. The summed E-state index contributed by atoms with van der Waals surface area (Å²) in [5.41, 5.74) is 3.36. The van der Waals surface area contributed by atoms with E-state index in [2.05, 4.69) is 245 Å². The van der Waals surface area contributed by atoms with Gasteiger partial charge in [-0.05, 0) is 114 Å². The number of methoxy groups -OCH3 is 1. The maximum Gasteiger partial charge on any atom is 0.192 e. The van der Waals surface area contributed by atoms with E-state index in [1.54, 1.807) is 7.11 Å². The van der Waals surface area contributed by atoms with Crippen molar-refractivity contribution in [1.82, 2.24) is 0 Å². The lowest BCUT2D eigenvalue weighted by molar-refractivity contribution is -0.247. The van der Waals surface area contributed by atoms with Crippen LogP contribution in [0.15, 0.2) is 140 Å². The number of unbranched alkanes of at least 4 members (excludes halogenated alkanes) is 1. The Morgan fingerprint density at radius 2 is 1.11 bits per heavy atom. The van der Waals surface area contributed by atoms with E-state index in [0.717, 1.165) is 47.3 Å². The van der Waals surface area contributed by atoms with Crippen molar-refractivity contribution in [3.8, 4) is 5.75 Å². The van der Waals surface area contributed by atoms with Gasteiger partial charge in [0.05, 0.1) is 44.7 Å². The molecule has 1 aliphatic rings. The summed E-state index contributed by atoms with van der Waals surface area (Å²) >= 11 is 0. The minimum Gasteiger partial charge on any atom is -0.497 e. The number of ketones is 1. The monoisotopic (exact) mass is 1170 g/mol. The third kappa shape index (κ3) is 18.4. The SMILES string of the molecule is COc1ccc(C2OC[C@H](C)[C@@H]([C@@H](C)C(=O)CCCC[C@H](C)[C@@H](O[Si](C)(C)C(C)(C)C)[C@@H](C)C=C[C@H](C[C@H](O[Si](C)(C)C(C)(C)C)[C@H](C)C=CCOC(c3ccccc3)(c3ccccc3)c3ccccc3)O[Si](C)(C)C(C)(C)C)O2)cc1. The Morgan fingerprint density at radius 1 is 0.622 bits per heavy atom. The quantitative estimate of drug-likeness (QED) is 0.0230. The number of Topliss-reactive ketones (excluding diaryl/α,β-unsaturated/α-hetero) is 1. The van der Waals surface area contributed by atoms with Gasteiger partial charge in [0.2, 0.25) is 0 Å². The molecule has 1 aliphatic heterocycles. The summed E-state index contributed by atoms with van der Waals surface area (Å²) in [4.78, 5) is 13.9. The number of hydrogen-bond donors (Lipinski definition) is 0. The molecule has 0 saturated carbocycles. The summed E-state index contributed by atoms with van der Waals surface area (Å²) in [6.07, 6.45) is 12.2. The van der Waals surface area contributed by atoms with Crippen LogP contribution in [-0.2, 0) is 37.9 Å². The zero-order valence-corrected chi connectivity index (χ0v) is 57.8. The predicted molar refractivity (Wildman–Crippen MR) is 350 cm³/mol. The number of hydrogen-bond acceptors (Lipinski definition) is 8. The van der Waals surface area contributed by atoms with Crippen LogP contribution in [0.2, 0.25) is 54.4 Å². The first kappa shape index (κ1) is 69.0. The molecular weight excluding hydrogens is 1070 g/mol. The number of carbonyl (C=O) groups is 1. The third-order valence-electron chi connectivity index (χ3n) is 19.0. The van der Waals surface area contributed by atoms with E-state index in [0.29, 0.717) is 26.1 Å². The molecule has 0 radical (unpaired) electrons. The largest absolute Gasteiger partial charge is 0.497 e. The van der Waals surface area contributed by atoms with Gasteiger partial charge in [0.1, 0.15) is 17.1 Å². The molecule has 0 aromatic heterocycles. The summed E-state index contributed by atoms with van der Waals surface area (Å²) in [5.74, 6) is 1.34. The van der Waals surface area contributed by atoms with Crippen molar-refractivity contribution in [2.75, 3.05) is 20.3 Å². The Hall–Kier alpha value is -3.76. The van der Waals surface area contributed by atoms with Crippen LogP contribution in [0.5, 0.6) is 5.75 Å². The summed E-state index contributed by atoms with van der Waals surface area (Å²) in [5, 5.41) is 0.0494. The molecule has 0 bridgehead atoms. The van der Waals surface area contributed by atoms with Gasteiger partial charge in [-0.15, -0.1) is 0 Å². The predicted octanol–water partition coefficient (Wildman–Crippen LogP) is 19.1. The summed E-state index contributed by atoms with van der Waals surface area (Å²) < 4.78 is 47.7. The Balaban J connectivity index is 1.39. The molecule has 4 aromatic rings. The second-order valence-corrected chi connectivity index (χ2v) is 42.8. The van der Waals surface area contributed by atoms with Crippen molar-refractivity contribution in [3.05, 3.63) is 162 Å². The van der Waals surface area contributed by atoms with Crippen LogP contribution in [0.25, 0.3) is 0 Å². The van der Waals surface area contributed by atoms with Crippen LogP contribution in [0.4, 0.5) is 0 Å². The van der Waals surface area contributed by atoms with Crippen LogP contribution in [0.3, 0.4) is 0 Å². The zero-order valence-electron chi connectivity index (χ0n) is 54.8. The highest BCUT2D eigenvalue weighted by Gasteiger charge is 2.45. The fraction of sp³-hybridized carbons (Fsp3) is 0.592. The molecule has 10 atom stereocenters.